The molecule has 2 rings (SSSR count). The van der Waals surface area contributed by atoms with Crippen molar-refractivity contribution >= 4 is 29.0 Å². The fourth-order valence-corrected chi connectivity index (χ4v) is 2.39. The van der Waals surface area contributed by atoms with Crippen molar-refractivity contribution in [1.29, 1.82) is 0 Å². The molecule has 0 fully saturated rings. The Kier molecular flexibility index (Phi) is 3.90. The normalized spacial score (nSPS) is 19.9. The van der Waals surface area contributed by atoms with Gasteiger partial charge in [0.05, 0.1) is 5.02 Å². The molecule has 1 atom stereocenters. The molecule has 0 N–H and O–H groups in total. The van der Waals surface area contributed by atoms with Crippen LogP contribution in [0.5, 0.6) is 0 Å². The van der Waals surface area contributed by atoms with Gasteiger partial charge in [-0.3, -0.25) is 4.79 Å². The molecule has 1 unspecified atom stereocenters. The summed E-state index contributed by atoms with van der Waals surface area (Å²) in [6.45, 7) is 2.20. The summed E-state index contributed by atoms with van der Waals surface area (Å²) in [7, 11) is 0. The number of carbonyl (C=O) groups excluding carboxylic acids is 1. The van der Waals surface area contributed by atoms with Gasteiger partial charge in [0.15, 0.2) is 5.78 Å². The third-order valence-corrected chi connectivity index (χ3v) is 3.70. The van der Waals surface area contributed by atoms with Gasteiger partial charge in [0, 0.05) is 10.6 Å². The number of allylic oxidation sites excluding steroid dienone is 2. The van der Waals surface area contributed by atoms with Crippen molar-refractivity contribution in [3.8, 4) is 0 Å². The number of benzene rings is 1. The minimum absolute atomic E-state index is 0.0180. The maximum absolute atomic E-state index is 12.3. The number of ketones is 1. The number of carbonyl (C=O) groups is 1. The van der Waals surface area contributed by atoms with Crippen molar-refractivity contribution in [2.24, 2.45) is 5.92 Å². The van der Waals surface area contributed by atoms with Gasteiger partial charge < -0.3 is 0 Å². The summed E-state index contributed by atoms with van der Waals surface area (Å²) in [6, 6.07) is 5.01. The van der Waals surface area contributed by atoms with E-state index in [1.54, 1.807) is 18.2 Å². The molecule has 0 amide bonds. The highest BCUT2D eigenvalue weighted by Crippen LogP contribution is 2.29. The van der Waals surface area contributed by atoms with E-state index in [0.29, 0.717) is 21.5 Å². The molecule has 1 aliphatic carbocycles. The molecular formula is C14H14Cl2O. The van der Waals surface area contributed by atoms with Crippen molar-refractivity contribution in [3.63, 3.8) is 0 Å². The first-order valence-corrected chi connectivity index (χ1v) is 6.52. The highest BCUT2D eigenvalue weighted by Gasteiger charge is 2.19. The van der Waals surface area contributed by atoms with E-state index in [2.05, 4.69) is 6.92 Å². The number of halogens is 2. The Morgan fingerprint density at radius 3 is 2.76 bits per heavy atom. The van der Waals surface area contributed by atoms with E-state index in [-0.39, 0.29) is 5.78 Å². The summed E-state index contributed by atoms with van der Waals surface area (Å²) in [4.78, 5) is 12.3. The van der Waals surface area contributed by atoms with Crippen LogP contribution in [0.15, 0.2) is 29.8 Å². The predicted molar refractivity (Wildman–Crippen MR) is 71.9 cm³/mol. The molecule has 1 nitrogen and oxygen atoms in total. The number of rotatable bonds is 2. The first-order valence-electron chi connectivity index (χ1n) is 5.76. The van der Waals surface area contributed by atoms with Crippen molar-refractivity contribution in [1.82, 2.24) is 0 Å². The van der Waals surface area contributed by atoms with E-state index >= 15 is 0 Å². The van der Waals surface area contributed by atoms with Crippen LogP contribution in [0, 0.1) is 5.92 Å². The maximum Gasteiger partial charge on any atom is 0.190 e. The third-order valence-electron chi connectivity index (χ3n) is 3.14. The molecule has 0 aliphatic heterocycles. The van der Waals surface area contributed by atoms with Crippen LogP contribution in [0.1, 0.15) is 36.5 Å². The topological polar surface area (TPSA) is 17.1 Å². The summed E-state index contributed by atoms with van der Waals surface area (Å²) in [6.07, 6.45) is 4.91. The smallest absolute Gasteiger partial charge is 0.190 e. The number of hydrogen-bond donors (Lipinski definition) is 0. The van der Waals surface area contributed by atoms with Gasteiger partial charge in [-0.2, -0.15) is 0 Å². The Morgan fingerprint density at radius 1 is 1.35 bits per heavy atom. The van der Waals surface area contributed by atoms with Gasteiger partial charge in [-0.15, -0.1) is 0 Å². The van der Waals surface area contributed by atoms with Crippen molar-refractivity contribution < 1.29 is 4.79 Å². The molecule has 0 radical (unpaired) electrons. The quantitative estimate of drug-likeness (QED) is 0.696. The van der Waals surface area contributed by atoms with E-state index in [1.165, 1.54) is 0 Å². The van der Waals surface area contributed by atoms with Crippen molar-refractivity contribution in [2.75, 3.05) is 0 Å². The largest absolute Gasteiger partial charge is 0.289 e. The highest BCUT2D eigenvalue weighted by molar-refractivity contribution is 6.36. The lowest BCUT2D eigenvalue weighted by Crippen LogP contribution is -2.10. The Morgan fingerprint density at radius 2 is 2.12 bits per heavy atom. The molecule has 0 saturated heterocycles. The second kappa shape index (κ2) is 5.24. The average Bonchev–Trinajstić information content (AvgIpc) is 2.32. The summed E-state index contributed by atoms with van der Waals surface area (Å²) >= 11 is 11.9. The lowest BCUT2D eigenvalue weighted by molar-refractivity contribution is 0.102. The zero-order valence-corrected chi connectivity index (χ0v) is 11.2. The summed E-state index contributed by atoms with van der Waals surface area (Å²) in [5.74, 6) is 0.686. The Labute approximate surface area is 111 Å². The standard InChI is InChI=1S/C14H14Cl2O/c1-9-2-4-10(5-3-9)14(17)12-8-11(15)6-7-13(12)16/h4,6-9H,2-3,5H2,1H3. The second-order valence-electron chi connectivity index (χ2n) is 4.56. The van der Waals surface area contributed by atoms with Crippen LogP contribution >= 0.6 is 23.2 Å². The molecular weight excluding hydrogens is 255 g/mol. The Hall–Kier alpha value is -0.790. The van der Waals surface area contributed by atoms with Crippen LogP contribution in [0.4, 0.5) is 0 Å². The SMILES string of the molecule is CC1CC=C(C(=O)c2cc(Cl)ccc2Cl)CC1. The van der Waals surface area contributed by atoms with E-state index in [0.717, 1.165) is 24.8 Å². The van der Waals surface area contributed by atoms with Gasteiger partial charge in [0.25, 0.3) is 0 Å². The molecule has 3 heteroatoms. The fraction of sp³-hybridized carbons (Fsp3) is 0.357. The summed E-state index contributed by atoms with van der Waals surface area (Å²) < 4.78 is 0. The minimum atomic E-state index is 0.0180. The first-order chi connectivity index (χ1) is 8.08. The third kappa shape index (κ3) is 2.91. The van der Waals surface area contributed by atoms with Gasteiger partial charge in [-0.05, 0) is 49.0 Å². The highest BCUT2D eigenvalue weighted by atomic mass is 35.5. The maximum atomic E-state index is 12.3. The minimum Gasteiger partial charge on any atom is -0.289 e. The van der Waals surface area contributed by atoms with Crippen LogP contribution in [-0.4, -0.2) is 5.78 Å². The molecule has 0 aromatic heterocycles. The molecule has 0 bridgehead atoms. The van der Waals surface area contributed by atoms with Crippen LogP contribution in [0.25, 0.3) is 0 Å². The van der Waals surface area contributed by atoms with Gasteiger partial charge in [-0.1, -0.05) is 36.2 Å². The summed E-state index contributed by atoms with van der Waals surface area (Å²) in [5, 5.41) is 1.02. The first kappa shape index (κ1) is 12.7. The van der Waals surface area contributed by atoms with Crippen LogP contribution in [0.2, 0.25) is 10.0 Å². The average molecular weight is 269 g/mol. The number of Topliss-reactive ketones (excluding diaryl/α,β-unsaturated/α-hetero) is 1. The predicted octanol–water partition coefficient (Wildman–Crippen LogP) is 4.92. The molecule has 1 aromatic carbocycles. The summed E-state index contributed by atoms with van der Waals surface area (Å²) in [5.41, 5.74) is 1.38. The Bertz CT molecular complexity index is 477. The van der Waals surface area contributed by atoms with Crippen molar-refractivity contribution in [3.05, 3.63) is 45.5 Å². The lowest BCUT2D eigenvalue weighted by atomic mass is 9.87. The van der Waals surface area contributed by atoms with E-state index in [1.807, 2.05) is 6.08 Å². The fourth-order valence-electron chi connectivity index (χ4n) is 2.02. The van der Waals surface area contributed by atoms with Crippen LogP contribution in [-0.2, 0) is 0 Å². The van der Waals surface area contributed by atoms with Crippen molar-refractivity contribution in [2.45, 2.75) is 26.2 Å². The molecule has 17 heavy (non-hydrogen) atoms. The van der Waals surface area contributed by atoms with Gasteiger partial charge >= 0.3 is 0 Å². The molecule has 0 saturated carbocycles. The molecule has 0 heterocycles. The van der Waals surface area contributed by atoms with Crippen LogP contribution < -0.4 is 0 Å². The van der Waals surface area contributed by atoms with Gasteiger partial charge in [-0.25, -0.2) is 0 Å². The van der Waals surface area contributed by atoms with Gasteiger partial charge in [0.2, 0.25) is 0 Å². The van der Waals surface area contributed by atoms with Gasteiger partial charge in [0.1, 0.15) is 0 Å². The zero-order valence-electron chi connectivity index (χ0n) is 9.67. The van der Waals surface area contributed by atoms with E-state index in [9.17, 15) is 4.79 Å². The zero-order chi connectivity index (χ0) is 12.4. The second-order valence-corrected chi connectivity index (χ2v) is 5.41. The monoisotopic (exact) mass is 268 g/mol. The Balaban J connectivity index is 2.28. The molecule has 90 valence electrons. The van der Waals surface area contributed by atoms with E-state index in [4.69, 9.17) is 23.2 Å². The van der Waals surface area contributed by atoms with Crippen LogP contribution in [0.3, 0.4) is 0 Å². The number of hydrogen-bond acceptors (Lipinski definition) is 1. The molecule has 1 aliphatic rings. The lowest BCUT2D eigenvalue weighted by Gasteiger charge is -2.17. The van der Waals surface area contributed by atoms with E-state index < -0.39 is 0 Å². The molecule has 1 aromatic rings. The molecule has 0 spiro atoms.